The molecule has 1 atom stereocenters. The van der Waals surface area contributed by atoms with E-state index in [9.17, 15) is 14.4 Å². The molecule has 8 heteroatoms. The molecule has 2 saturated heterocycles. The molecule has 2 heterocycles. The zero-order valence-corrected chi connectivity index (χ0v) is 16.1. The molecule has 2 aliphatic heterocycles. The second kappa shape index (κ2) is 8.71. The zero-order chi connectivity index (χ0) is 19.4. The van der Waals surface area contributed by atoms with E-state index in [-0.39, 0.29) is 22.7 Å². The van der Waals surface area contributed by atoms with Gasteiger partial charge in [0.05, 0.1) is 23.8 Å². The van der Waals surface area contributed by atoms with Gasteiger partial charge < -0.3 is 19.9 Å². The molecule has 1 aromatic carbocycles. The van der Waals surface area contributed by atoms with Crippen LogP contribution in [0, 0.1) is 0 Å². The van der Waals surface area contributed by atoms with E-state index in [4.69, 9.17) is 16.3 Å². The van der Waals surface area contributed by atoms with Gasteiger partial charge in [-0.3, -0.25) is 14.4 Å². The van der Waals surface area contributed by atoms with Gasteiger partial charge in [0.2, 0.25) is 11.8 Å². The zero-order valence-electron chi connectivity index (χ0n) is 15.4. The van der Waals surface area contributed by atoms with Gasteiger partial charge in [-0.2, -0.15) is 0 Å². The van der Waals surface area contributed by atoms with Crippen LogP contribution in [0.3, 0.4) is 0 Å². The highest BCUT2D eigenvalue weighted by atomic mass is 35.5. The van der Waals surface area contributed by atoms with E-state index in [0.29, 0.717) is 56.9 Å². The van der Waals surface area contributed by atoms with Gasteiger partial charge in [-0.25, -0.2) is 0 Å². The first-order valence-electron chi connectivity index (χ1n) is 9.28. The van der Waals surface area contributed by atoms with E-state index in [1.54, 1.807) is 28.0 Å². The molecule has 1 unspecified atom stereocenters. The Hall–Kier alpha value is -2.12. The third-order valence-electron chi connectivity index (χ3n) is 4.94. The summed E-state index contributed by atoms with van der Waals surface area (Å²) in [7, 11) is 0. The lowest BCUT2D eigenvalue weighted by atomic mass is 10.1. The van der Waals surface area contributed by atoms with Crippen molar-refractivity contribution in [3.63, 3.8) is 0 Å². The Bertz CT molecular complexity index is 734. The summed E-state index contributed by atoms with van der Waals surface area (Å²) >= 11 is 6.30. The fraction of sp³-hybridized carbons (Fsp3) is 0.526. The number of ether oxygens (including phenoxy) is 1. The first kappa shape index (κ1) is 19.6. The number of carbonyl (C=O) groups is 3. The Morgan fingerprint density at radius 1 is 1.26 bits per heavy atom. The van der Waals surface area contributed by atoms with Gasteiger partial charge in [-0.1, -0.05) is 18.5 Å². The SMILES string of the molecule is CCC(C(=O)Nc1ccc(C(=O)N2CCOCC2)c(Cl)c1)N1CCCC1=O. The number of nitrogens with zero attached hydrogens (tertiary/aromatic N) is 2. The topological polar surface area (TPSA) is 79.0 Å². The minimum atomic E-state index is -0.492. The molecular formula is C19H24ClN3O4. The van der Waals surface area contributed by atoms with Crippen molar-refractivity contribution >= 4 is 35.0 Å². The molecule has 27 heavy (non-hydrogen) atoms. The number of likely N-dealkylation sites (tertiary alicyclic amines) is 1. The fourth-order valence-corrected chi connectivity index (χ4v) is 3.74. The molecule has 0 saturated carbocycles. The number of anilines is 1. The van der Waals surface area contributed by atoms with E-state index in [2.05, 4.69) is 5.32 Å². The van der Waals surface area contributed by atoms with Crippen LogP contribution in [0.25, 0.3) is 0 Å². The highest BCUT2D eigenvalue weighted by Gasteiger charge is 2.31. The normalized spacial score (nSPS) is 18.5. The van der Waals surface area contributed by atoms with Crippen LogP contribution in [0.4, 0.5) is 5.69 Å². The maximum Gasteiger partial charge on any atom is 0.255 e. The number of hydrogen-bond donors (Lipinski definition) is 1. The highest BCUT2D eigenvalue weighted by Crippen LogP contribution is 2.24. The molecule has 0 radical (unpaired) electrons. The molecule has 0 aliphatic carbocycles. The lowest BCUT2D eigenvalue weighted by molar-refractivity contribution is -0.135. The fourth-order valence-electron chi connectivity index (χ4n) is 3.47. The first-order valence-corrected chi connectivity index (χ1v) is 9.66. The van der Waals surface area contributed by atoms with Crippen LogP contribution in [0.5, 0.6) is 0 Å². The minimum Gasteiger partial charge on any atom is -0.378 e. The molecule has 2 fully saturated rings. The molecular weight excluding hydrogens is 370 g/mol. The summed E-state index contributed by atoms with van der Waals surface area (Å²) in [4.78, 5) is 40.5. The van der Waals surface area contributed by atoms with Crippen molar-refractivity contribution in [2.75, 3.05) is 38.2 Å². The summed E-state index contributed by atoms with van der Waals surface area (Å²) in [5, 5.41) is 3.10. The summed E-state index contributed by atoms with van der Waals surface area (Å²) in [5.74, 6) is -0.368. The maximum atomic E-state index is 12.6. The summed E-state index contributed by atoms with van der Waals surface area (Å²) < 4.78 is 5.26. The van der Waals surface area contributed by atoms with E-state index < -0.39 is 6.04 Å². The van der Waals surface area contributed by atoms with Crippen LogP contribution >= 0.6 is 11.6 Å². The maximum absolute atomic E-state index is 12.6. The van der Waals surface area contributed by atoms with Gasteiger partial charge in [-0.05, 0) is 31.0 Å². The van der Waals surface area contributed by atoms with Crippen LogP contribution in [0.1, 0.15) is 36.5 Å². The third-order valence-corrected chi connectivity index (χ3v) is 5.25. The van der Waals surface area contributed by atoms with E-state index in [0.717, 1.165) is 6.42 Å². The summed E-state index contributed by atoms with van der Waals surface area (Å²) in [6.07, 6.45) is 1.82. The van der Waals surface area contributed by atoms with Crippen LogP contribution in [-0.2, 0) is 14.3 Å². The van der Waals surface area contributed by atoms with Crippen LogP contribution < -0.4 is 5.32 Å². The van der Waals surface area contributed by atoms with E-state index in [1.807, 2.05) is 6.92 Å². The molecule has 0 spiro atoms. The molecule has 3 amide bonds. The number of halogens is 1. The van der Waals surface area contributed by atoms with Gasteiger partial charge in [0.25, 0.3) is 5.91 Å². The van der Waals surface area contributed by atoms with Crippen molar-refractivity contribution in [1.82, 2.24) is 9.80 Å². The van der Waals surface area contributed by atoms with Gasteiger partial charge in [-0.15, -0.1) is 0 Å². The van der Waals surface area contributed by atoms with Crippen molar-refractivity contribution in [3.05, 3.63) is 28.8 Å². The van der Waals surface area contributed by atoms with E-state index >= 15 is 0 Å². The predicted octanol–water partition coefficient (Wildman–Crippen LogP) is 2.15. The quantitative estimate of drug-likeness (QED) is 0.831. The summed E-state index contributed by atoms with van der Waals surface area (Å²) in [6.45, 7) is 4.60. The Labute approximate surface area is 163 Å². The Morgan fingerprint density at radius 2 is 2.00 bits per heavy atom. The summed E-state index contributed by atoms with van der Waals surface area (Å²) in [6, 6.07) is 4.37. The van der Waals surface area contributed by atoms with Crippen molar-refractivity contribution in [1.29, 1.82) is 0 Å². The lowest BCUT2D eigenvalue weighted by Gasteiger charge is -2.27. The molecule has 1 N–H and O–H groups in total. The van der Waals surface area contributed by atoms with E-state index in [1.165, 1.54) is 0 Å². The first-order chi connectivity index (χ1) is 13.0. The van der Waals surface area contributed by atoms with Gasteiger partial charge in [0, 0.05) is 31.7 Å². The average molecular weight is 394 g/mol. The smallest absolute Gasteiger partial charge is 0.255 e. The van der Waals surface area contributed by atoms with Crippen LogP contribution in [0.15, 0.2) is 18.2 Å². The largest absolute Gasteiger partial charge is 0.378 e. The number of amides is 3. The van der Waals surface area contributed by atoms with Crippen molar-refractivity contribution in [2.45, 2.75) is 32.2 Å². The molecule has 0 aromatic heterocycles. The monoisotopic (exact) mass is 393 g/mol. The second-order valence-electron chi connectivity index (χ2n) is 6.70. The Kier molecular flexibility index (Phi) is 6.34. The molecule has 1 aromatic rings. The predicted molar refractivity (Wildman–Crippen MR) is 102 cm³/mol. The standard InChI is InChI=1S/C19H24ClN3O4/c1-2-16(23-7-3-4-17(23)24)18(25)21-13-5-6-14(15(20)12-13)19(26)22-8-10-27-11-9-22/h5-6,12,16H,2-4,7-11H2,1H3,(H,21,25). The van der Waals surface area contributed by atoms with Gasteiger partial charge in [0.15, 0.2) is 0 Å². The molecule has 2 aliphatic rings. The van der Waals surface area contributed by atoms with Crippen molar-refractivity contribution < 1.29 is 19.1 Å². The number of morpholine rings is 1. The second-order valence-corrected chi connectivity index (χ2v) is 7.11. The number of rotatable bonds is 5. The highest BCUT2D eigenvalue weighted by molar-refractivity contribution is 6.34. The lowest BCUT2D eigenvalue weighted by Crippen LogP contribution is -2.44. The van der Waals surface area contributed by atoms with Gasteiger partial charge in [0.1, 0.15) is 6.04 Å². The average Bonchev–Trinajstić information content (AvgIpc) is 3.08. The van der Waals surface area contributed by atoms with Crippen LogP contribution in [0.2, 0.25) is 5.02 Å². The third kappa shape index (κ3) is 4.42. The Balaban J connectivity index is 1.68. The number of nitrogens with one attached hydrogen (secondary N) is 1. The molecule has 7 nitrogen and oxygen atoms in total. The summed E-state index contributed by atoms with van der Waals surface area (Å²) in [5.41, 5.74) is 0.909. The van der Waals surface area contributed by atoms with Gasteiger partial charge >= 0.3 is 0 Å². The van der Waals surface area contributed by atoms with Crippen molar-refractivity contribution in [3.8, 4) is 0 Å². The molecule has 3 rings (SSSR count). The number of carbonyl (C=O) groups excluding carboxylic acids is 3. The molecule has 0 bridgehead atoms. The van der Waals surface area contributed by atoms with Crippen molar-refractivity contribution in [2.24, 2.45) is 0 Å². The van der Waals surface area contributed by atoms with Crippen LogP contribution in [-0.4, -0.2) is 66.4 Å². The molecule has 146 valence electrons. The number of benzene rings is 1. The Morgan fingerprint density at radius 3 is 2.59 bits per heavy atom. The number of hydrogen-bond acceptors (Lipinski definition) is 4. The minimum absolute atomic E-state index is 0.0153.